The lowest BCUT2D eigenvalue weighted by Crippen LogP contribution is -1.84. The van der Waals surface area contributed by atoms with Crippen molar-refractivity contribution in [3.63, 3.8) is 0 Å². The van der Waals surface area contributed by atoms with Crippen molar-refractivity contribution in [3.8, 4) is 11.1 Å². The Morgan fingerprint density at radius 1 is 0.471 bits per heavy atom. The molecule has 0 unspecified atom stereocenters. The molecule has 0 fully saturated rings. The van der Waals surface area contributed by atoms with Gasteiger partial charge in [0, 0.05) is 42.0 Å². The smallest absolute Gasteiger partial charge is 0.0477 e. The van der Waals surface area contributed by atoms with E-state index < -0.39 is 0 Å². The molecule has 6 aromatic carbocycles. The predicted molar refractivity (Wildman–Crippen MR) is 149 cm³/mol. The maximum atomic E-state index is 3.73. The molecule has 0 bridgehead atoms. The highest BCUT2D eigenvalue weighted by Gasteiger charge is 2.15. The minimum absolute atomic E-state index is 1.19. The van der Waals surface area contributed by atoms with Crippen LogP contribution in [0.3, 0.4) is 0 Å². The van der Waals surface area contributed by atoms with E-state index in [1.54, 1.807) is 0 Å². The number of benzene rings is 6. The summed E-state index contributed by atoms with van der Waals surface area (Å²) >= 11 is 1.88. The summed E-state index contributed by atoms with van der Waals surface area (Å²) in [5.74, 6) is 0. The van der Waals surface area contributed by atoms with Crippen molar-refractivity contribution in [2.75, 3.05) is 0 Å². The standard InChI is InChI=1S/C32H19NS/c1-2-8-21-19(7-1)14-16-27-31(21)32-25-11-4-3-9-22(25)26(18-28(32)33-27)20-13-15-24-23-10-5-6-12-29(23)34-30(24)17-20/h1-18,33H. The number of aromatic nitrogens is 1. The summed E-state index contributed by atoms with van der Waals surface area (Å²) in [7, 11) is 0. The highest BCUT2D eigenvalue weighted by Crippen LogP contribution is 2.42. The van der Waals surface area contributed by atoms with Crippen LogP contribution in [-0.2, 0) is 0 Å². The highest BCUT2D eigenvalue weighted by molar-refractivity contribution is 7.25. The molecule has 1 nitrogen and oxygen atoms in total. The van der Waals surface area contributed by atoms with Gasteiger partial charge < -0.3 is 4.98 Å². The Balaban J connectivity index is 1.49. The molecule has 2 aromatic heterocycles. The van der Waals surface area contributed by atoms with Crippen LogP contribution in [0.1, 0.15) is 0 Å². The van der Waals surface area contributed by atoms with E-state index >= 15 is 0 Å². The summed E-state index contributed by atoms with van der Waals surface area (Å²) in [5, 5.41) is 10.5. The maximum Gasteiger partial charge on any atom is 0.0477 e. The Labute approximate surface area is 199 Å². The van der Waals surface area contributed by atoms with Crippen molar-refractivity contribution in [1.29, 1.82) is 0 Å². The van der Waals surface area contributed by atoms with E-state index in [4.69, 9.17) is 0 Å². The molecule has 0 aliphatic carbocycles. The van der Waals surface area contributed by atoms with Crippen LogP contribution >= 0.6 is 11.3 Å². The Kier molecular flexibility index (Phi) is 3.60. The molecule has 2 heterocycles. The van der Waals surface area contributed by atoms with E-state index in [2.05, 4.69) is 114 Å². The molecule has 0 spiro atoms. The SMILES string of the molecule is c1ccc2c(c1)ccc1[nH]c3cc(-c4ccc5c(c4)sc4ccccc45)c4ccccc4c3c12. The van der Waals surface area contributed by atoms with Crippen LogP contribution in [0.5, 0.6) is 0 Å². The van der Waals surface area contributed by atoms with Crippen molar-refractivity contribution in [1.82, 2.24) is 4.98 Å². The summed E-state index contributed by atoms with van der Waals surface area (Å²) in [6, 6.07) is 40.0. The number of hydrogen-bond donors (Lipinski definition) is 1. The normalized spacial score (nSPS) is 12.1. The van der Waals surface area contributed by atoms with Crippen molar-refractivity contribution < 1.29 is 0 Å². The lowest BCUT2D eigenvalue weighted by atomic mass is 9.93. The predicted octanol–water partition coefficient (Wildman–Crippen LogP) is 9.66. The van der Waals surface area contributed by atoms with Gasteiger partial charge in [-0.3, -0.25) is 0 Å². The topological polar surface area (TPSA) is 15.8 Å². The Bertz CT molecular complexity index is 2070. The van der Waals surface area contributed by atoms with Crippen LogP contribution in [0.4, 0.5) is 0 Å². The quantitative estimate of drug-likeness (QED) is 0.257. The molecule has 0 aliphatic heterocycles. The van der Waals surface area contributed by atoms with Gasteiger partial charge in [0.1, 0.15) is 0 Å². The fourth-order valence-corrected chi connectivity index (χ4v) is 6.81. The molecule has 0 atom stereocenters. The van der Waals surface area contributed by atoms with Gasteiger partial charge in [-0.15, -0.1) is 11.3 Å². The molecule has 0 saturated carbocycles. The monoisotopic (exact) mass is 449 g/mol. The molecule has 158 valence electrons. The minimum atomic E-state index is 1.19. The first-order valence-corrected chi connectivity index (χ1v) is 12.4. The van der Waals surface area contributed by atoms with Crippen molar-refractivity contribution in [2.45, 2.75) is 0 Å². The molecule has 8 aromatic rings. The summed E-state index contributed by atoms with van der Waals surface area (Å²) in [6.45, 7) is 0. The number of fused-ring (bicyclic) bond motifs is 10. The number of thiophene rings is 1. The molecule has 8 rings (SSSR count). The second-order valence-electron chi connectivity index (χ2n) is 9.04. The van der Waals surface area contributed by atoms with Gasteiger partial charge in [0.2, 0.25) is 0 Å². The first-order valence-electron chi connectivity index (χ1n) is 11.6. The van der Waals surface area contributed by atoms with E-state index in [0.717, 1.165) is 0 Å². The molecular weight excluding hydrogens is 430 g/mol. The van der Waals surface area contributed by atoms with Gasteiger partial charge in [-0.2, -0.15) is 0 Å². The number of nitrogens with one attached hydrogen (secondary N) is 1. The first-order chi connectivity index (χ1) is 16.8. The summed E-state index contributed by atoms with van der Waals surface area (Å²) in [5.41, 5.74) is 4.92. The molecule has 2 heteroatoms. The summed E-state index contributed by atoms with van der Waals surface area (Å²) in [6.07, 6.45) is 0. The van der Waals surface area contributed by atoms with Crippen LogP contribution < -0.4 is 0 Å². The number of H-pyrrole nitrogens is 1. The van der Waals surface area contributed by atoms with Crippen molar-refractivity contribution >= 4 is 74.9 Å². The van der Waals surface area contributed by atoms with Gasteiger partial charge in [-0.25, -0.2) is 0 Å². The molecule has 0 amide bonds. The number of hydrogen-bond acceptors (Lipinski definition) is 1. The third-order valence-electron chi connectivity index (χ3n) is 7.18. The van der Waals surface area contributed by atoms with Gasteiger partial charge >= 0.3 is 0 Å². The molecule has 34 heavy (non-hydrogen) atoms. The third kappa shape index (κ3) is 2.43. The third-order valence-corrected chi connectivity index (χ3v) is 8.32. The summed E-state index contributed by atoms with van der Waals surface area (Å²) in [4.78, 5) is 3.73. The van der Waals surface area contributed by atoms with E-state index in [-0.39, 0.29) is 0 Å². The average molecular weight is 450 g/mol. The van der Waals surface area contributed by atoms with E-state index in [1.165, 1.54) is 74.6 Å². The first kappa shape index (κ1) is 18.3. The van der Waals surface area contributed by atoms with Gasteiger partial charge in [0.15, 0.2) is 0 Å². The van der Waals surface area contributed by atoms with Crippen LogP contribution in [-0.4, -0.2) is 4.98 Å². The Hall–Kier alpha value is -4.14. The largest absolute Gasteiger partial charge is 0.354 e. The van der Waals surface area contributed by atoms with Crippen LogP contribution in [0.2, 0.25) is 0 Å². The van der Waals surface area contributed by atoms with Crippen LogP contribution in [0, 0.1) is 0 Å². The molecule has 0 saturated heterocycles. The van der Waals surface area contributed by atoms with Gasteiger partial charge in [0.05, 0.1) is 0 Å². The zero-order chi connectivity index (χ0) is 22.2. The minimum Gasteiger partial charge on any atom is -0.354 e. The maximum absolute atomic E-state index is 3.73. The van der Waals surface area contributed by atoms with Crippen molar-refractivity contribution in [2.24, 2.45) is 0 Å². The zero-order valence-electron chi connectivity index (χ0n) is 18.3. The fourth-order valence-electron chi connectivity index (χ4n) is 5.67. The average Bonchev–Trinajstić information content (AvgIpc) is 3.46. The lowest BCUT2D eigenvalue weighted by molar-refractivity contribution is 1.55. The second kappa shape index (κ2) is 6.69. The number of aromatic amines is 1. The Morgan fingerprint density at radius 2 is 1.18 bits per heavy atom. The van der Waals surface area contributed by atoms with Gasteiger partial charge in [0.25, 0.3) is 0 Å². The van der Waals surface area contributed by atoms with Crippen LogP contribution in [0.15, 0.2) is 109 Å². The lowest BCUT2D eigenvalue weighted by Gasteiger charge is -2.10. The van der Waals surface area contributed by atoms with Crippen molar-refractivity contribution in [3.05, 3.63) is 109 Å². The molecule has 0 aliphatic rings. The highest BCUT2D eigenvalue weighted by atomic mass is 32.1. The van der Waals surface area contributed by atoms with E-state index in [1.807, 2.05) is 11.3 Å². The van der Waals surface area contributed by atoms with Crippen LogP contribution in [0.25, 0.3) is 74.6 Å². The van der Waals surface area contributed by atoms with E-state index in [0.29, 0.717) is 0 Å². The molecule has 1 N–H and O–H groups in total. The zero-order valence-corrected chi connectivity index (χ0v) is 19.1. The van der Waals surface area contributed by atoms with E-state index in [9.17, 15) is 0 Å². The summed E-state index contributed by atoms with van der Waals surface area (Å²) < 4.78 is 2.68. The van der Waals surface area contributed by atoms with Gasteiger partial charge in [-0.05, 0) is 56.9 Å². The fraction of sp³-hybridized carbons (Fsp3) is 0. The number of rotatable bonds is 1. The molecule has 0 radical (unpaired) electrons. The van der Waals surface area contributed by atoms with Gasteiger partial charge in [-0.1, -0.05) is 84.9 Å². The molecular formula is C32H19NS. The second-order valence-corrected chi connectivity index (χ2v) is 10.1. The Morgan fingerprint density at radius 3 is 2.09 bits per heavy atom.